The molecule has 196 valence electrons. The summed E-state index contributed by atoms with van der Waals surface area (Å²) in [6.07, 6.45) is -10.1. The molecule has 12 heteroatoms. The van der Waals surface area contributed by atoms with Crippen molar-refractivity contribution in [3.63, 3.8) is 0 Å². The molecule has 0 saturated carbocycles. The van der Waals surface area contributed by atoms with Gasteiger partial charge < -0.3 is 9.80 Å². The number of carbonyl (C=O) groups excluding carboxylic acids is 2. The molecule has 1 fully saturated rings. The summed E-state index contributed by atoms with van der Waals surface area (Å²) in [6, 6.07) is 5.68. The van der Waals surface area contributed by atoms with E-state index >= 15 is 0 Å². The van der Waals surface area contributed by atoms with E-state index in [0.29, 0.717) is 17.7 Å². The van der Waals surface area contributed by atoms with Crippen LogP contribution in [0.3, 0.4) is 0 Å². The number of hydrogen-bond acceptors (Lipinski definition) is 2. The minimum atomic E-state index is -5.07. The van der Waals surface area contributed by atoms with Crippen molar-refractivity contribution in [3.05, 3.63) is 70.5 Å². The summed E-state index contributed by atoms with van der Waals surface area (Å²) in [4.78, 5) is 27.8. The number of nitrogens with zero attached hydrogens (tertiary/aromatic N) is 2. The Hall–Kier alpha value is -2.82. The van der Waals surface area contributed by atoms with Gasteiger partial charge in [0.15, 0.2) is 0 Å². The molecule has 0 N–H and O–H groups in total. The average Bonchev–Trinajstić information content (AvgIpc) is 3.23. The van der Waals surface area contributed by atoms with E-state index in [-0.39, 0.29) is 19.2 Å². The minimum absolute atomic E-state index is 0.000729. The van der Waals surface area contributed by atoms with Crippen molar-refractivity contribution in [2.75, 3.05) is 20.1 Å². The van der Waals surface area contributed by atoms with E-state index in [1.54, 1.807) is 0 Å². The highest BCUT2D eigenvalue weighted by Gasteiger charge is 2.45. The van der Waals surface area contributed by atoms with Crippen LogP contribution in [-0.2, 0) is 22.6 Å². The van der Waals surface area contributed by atoms with E-state index < -0.39 is 63.5 Å². The standard InChI is InChI=1S/C24H22ClF7N2O2/c1-22(2,14-8-15(23(27,28)29)10-16(9-14)24(30,31)32)20(35)33(3)19-12-34(21(25)36)11-18(19)13-4-6-17(26)7-5-13/h4-10,18-19H,11-12H2,1-3H3. The molecule has 2 aromatic carbocycles. The number of likely N-dealkylation sites (N-methyl/N-ethyl adjacent to an activating group) is 1. The second-order valence-corrected chi connectivity index (χ2v) is 9.54. The van der Waals surface area contributed by atoms with Crippen LogP contribution in [0.25, 0.3) is 0 Å². The second kappa shape index (κ2) is 9.57. The quantitative estimate of drug-likeness (QED) is 0.256. The van der Waals surface area contributed by atoms with Crippen molar-refractivity contribution < 1.29 is 40.3 Å². The zero-order valence-electron chi connectivity index (χ0n) is 19.3. The van der Waals surface area contributed by atoms with E-state index in [4.69, 9.17) is 11.6 Å². The first-order valence-electron chi connectivity index (χ1n) is 10.7. The van der Waals surface area contributed by atoms with Crippen LogP contribution in [0.4, 0.5) is 35.5 Å². The summed E-state index contributed by atoms with van der Waals surface area (Å²) < 4.78 is 93.7. The molecule has 2 atom stereocenters. The fourth-order valence-corrected chi connectivity index (χ4v) is 4.53. The molecule has 36 heavy (non-hydrogen) atoms. The predicted molar refractivity (Wildman–Crippen MR) is 118 cm³/mol. The maximum absolute atomic E-state index is 13.5. The van der Waals surface area contributed by atoms with E-state index in [1.807, 2.05) is 0 Å². The third-order valence-corrected chi connectivity index (χ3v) is 6.74. The number of likely N-dealkylation sites (tertiary alicyclic amines) is 1. The Morgan fingerprint density at radius 2 is 1.36 bits per heavy atom. The van der Waals surface area contributed by atoms with Gasteiger partial charge in [-0.1, -0.05) is 12.1 Å². The molecule has 4 nitrogen and oxygen atoms in total. The molecule has 3 rings (SSSR count). The van der Waals surface area contributed by atoms with Crippen molar-refractivity contribution >= 4 is 22.9 Å². The molecule has 1 saturated heterocycles. The number of benzene rings is 2. The number of hydrogen-bond donors (Lipinski definition) is 0. The third-order valence-electron chi connectivity index (χ3n) is 6.50. The Labute approximate surface area is 207 Å². The molecule has 2 amide bonds. The monoisotopic (exact) mass is 538 g/mol. The molecule has 0 spiro atoms. The van der Waals surface area contributed by atoms with Crippen molar-refractivity contribution in [1.29, 1.82) is 0 Å². The first-order chi connectivity index (χ1) is 16.4. The van der Waals surface area contributed by atoms with Gasteiger partial charge in [0.2, 0.25) is 5.91 Å². The highest BCUT2D eigenvalue weighted by atomic mass is 35.5. The van der Waals surface area contributed by atoms with Gasteiger partial charge in [-0.3, -0.25) is 9.59 Å². The van der Waals surface area contributed by atoms with Crippen LogP contribution in [0, 0.1) is 5.82 Å². The van der Waals surface area contributed by atoms with Gasteiger partial charge in [0, 0.05) is 26.1 Å². The molecule has 0 aromatic heterocycles. The Bertz CT molecular complexity index is 1110. The van der Waals surface area contributed by atoms with Gasteiger partial charge in [-0.15, -0.1) is 0 Å². The van der Waals surface area contributed by atoms with Crippen LogP contribution in [0.15, 0.2) is 42.5 Å². The minimum Gasteiger partial charge on any atom is -0.340 e. The van der Waals surface area contributed by atoms with Gasteiger partial charge in [-0.2, -0.15) is 26.3 Å². The zero-order chi connectivity index (χ0) is 27.2. The Balaban J connectivity index is 2.02. The lowest BCUT2D eigenvalue weighted by molar-refractivity contribution is -0.144. The lowest BCUT2D eigenvalue weighted by atomic mass is 9.80. The lowest BCUT2D eigenvalue weighted by Gasteiger charge is -2.36. The van der Waals surface area contributed by atoms with E-state index in [9.17, 15) is 40.3 Å². The van der Waals surface area contributed by atoms with E-state index in [1.165, 1.54) is 55.0 Å². The maximum atomic E-state index is 13.5. The molecule has 0 bridgehead atoms. The van der Waals surface area contributed by atoms with Crippen LogP contribution >= 0.6 is 11.6 Å². The molecule has 2 unspecified atom stereocenters. The summed E-state index contributed by atoms with van der Waals surface area (Å²) in [5.41, 5.74) is -4.75. The first-order valence-corrected chi connectivity index (χ1v) is 11.1. The summed E-state index contributed by atoms with van der Waals surface area (Å²) in [5, 5.41) is -0.794. The Kier molecular flexibility index (Phi) is 7.38. The van der Waals surface area contributed by atoms with Gasteiger partial charge >= 0.3 is 17.7 Å². The van der Waals surface area contributed by atoms with E-state index in [0.717, 1.165) is 0 Å². The number of alkyl halides is 6. The molecule has 1 aliphatic rings. The highest BCUT2D eigenvalue weighted by molar-refractivity contribution is 6.62. The van der Waals surface area contributed by atoms with Crippen molar-refractivity contribution in [3.8, 4) is 0 Å². The van der Waals surface area contributed by atoms with Crippen molar-refractivity contribution in [1.82, 2.24) is 9.80 Å². The topological polar surface area (TPSA) is 40.6 Å². The molecule has 0 aliphatic carbocycles. The molecule has 1 aliphatic heterocycles. The van der Waals surface area contributed by atoms with Crippen LogP contribution in [0.5, 0.6) is 0 Å². The van der Waals surface area contributed by atoms with Crippen molar-refractivity contribution in [2.45, 2.75) is 43.6 Å². The molecule has 1 heterocycles. The fraction of sp³-hybridized carbons (Fsp3) is 0.417. The normalized spacial score (nSPS) is 18.9. The average molecular weight is 539 g/mol. The smallest absolute Gasteiger partial charge is 0.340 e. The summed E-state index contributed by atoms with van der Waals surface area (Å²) in [5.74, 6) is -1.80. The van der Waals surface area contributed by atoms with Crippen LogP contribution in [0.1, 0.15) is 42.0 Å². The first kappa shape index (κ1) is 27.8. The van der Waals surface area contributed by atoms with Gasteiger partial charge in [-0.05, 0) is 66.9 Å². The van der Waals surface area contributed by atoms with Crippen LogP contribution in [0.2, 0.25) is 0 Å². The summed E-state index contributed by atoms with van der Waals surface area (Å²) in [6.45, 7) is 2.51. The highest BCUT2D eigenvalue weighted by Crippen LogP contribution is 2.40. The van der Waals surface area contributed by atoms with Gasteiger partial charge in [0.1, 0.15) is 5.82 Å². The largest absolute Gasteiger partial charge is 0.416 e. The molecule has 0 radical (unpaired) electrons. The summed E-state index contributed by atoms with van der Waals surface area (Å²) >= 11 is 5.63. The van der Waals surface area contributed by atoms with Crippen LogP contribution < -0.4 is 0 Å². The molecule has 2 aromatic rings. The third kappa shape index (κ3) is 5.61. The molecular formula is C24H22ClF7N2O2. The summed E-state index contributed by atoms with van der Waals surface area (Å²) in [7, 11) is 1.35. The number of carbonyl (C=O) groups is 2. The van der Waals surface area contributed by atoms with Gasteiger partial charge in [0.25, 0.3) is 0 Å². The van der Waals surface area contributed by atoms with Gasteiger partial charge in [0.05, 0.1) is 22.6 Å². The van der Waals surface area contributed by atoms with Gasteiger partial charge in [-0.25, -0.2) is 4.39 Å². The van der Waals surface area contributed by atoms with Crippen LogP contribution in [-0.4, -0.2) is 47.3 Å². The number of rotatable bonds is 4. The predicted octanol–water partition coefficient (Wildman–Crippen LogP) is 6.43. The Morgan fingerprint density at radius 1 is 0.889 bits per heavy atom. The number of amides is 2. The maximum Gasteiger partial charge on any atom is 0.416 e. The number of halogens is 8. The molecular weight excluding hydrogens is 517 g/mol. The SMILES string of the molecule is CN(C(=O)C(C)(C)c1cc(C(F)(F)F)cc(C(F)(F)F)c1)C1CN(C(=O)Cl)CC1c1ccc(F)cc1. The lowest BCUT2D eigenvalue weighted by Crippen LogP contribution is -2.49. The zero-order valence-corrected chi connectivity index (χ0v) is 20.1. The van der Waals surface area contributed by atoms with Crippen molar-refractivity contribution in [2.24, 2.45) is 0 Å². The second-order valence-electron chi connectivity index (χ2n) is 9.22. The fourth-order valence-electron chi connectivity index (χ4n) is 4.39. The Morgan fingerprint density at radius 3 is 1.81 bits per heavy atom. The van der Waals surface area contributed by atoms with E-state index in [2.05, 4.69) is 0 Å².